The molecule has 3 nitrogen and oxygen atoms in total. The number of carbonyl (C=O) groups is 1. The van der Waals surface area contributed by atoms with Gasteiger partial charge in [0.2, 0.25) is 0 Å². The fourth-order valence-electron chi connectivity index (χ4n) is 1.55. The van der Waals surface area contributed by atoms with Crippen LogP contribution in [-0.2, 0) is 11.3 Å². The molecule has 1 aromatic carbocycles. The number of nitrogens with zero attached hydrogens (tertiary/aromatic N) is 1. The minimum atomic E-state index is -0.0931. The first-order chi connectivity index (χ1) is 9.56. The molecule has 1 heterocycles. The van der Waals surface area contributed by atoms with Crippen LogP contribution in [0.3, 0.4) is 0 Å². The van der Waals surface area contributed by atoms with E-state index in [4.69, 9.17) is 27.9 Å². The second-order valence-corrected chi connectivity index (χ2v) is 6.04. The zero-order valence-corrected chi connectivity index (χ0v) is 13.1. The molecule has 1 amide bonds. The van der Waals surface area contributed by atoms with Crippen molar-refractivity contribution in [2.75, 3.05) is 13.7 Å². The zero-order valence-electron chi connectivity index (χ0n) is 10.8. The minimum absolute atomic E-state index is 0.0279. The smallest absolute Gasteiger partial charge is 0.260 e. The molecule has 0 fully saturated rings. The van der Waals surface area contributed by atoms with Crippen molar-refractivity contribution in [3.05, 3.63) is 50.6 Å². The molecule has 0 aliphatic rings. The molecule has 0 saturated carbocycles. The van der Waals surface area contributed by atoms with Crippen LogP contribution in [0.5, 0.6) is 5.75 Å². The Labute approximate surface area is 131 Å². The lowest BCUT2D eigenvalue weighted by molar-refractivity contribution is -0.132. The topological polar surface area (TPSA) is 29.5 Å². The van der Waals surface area contributed by atoms with E-state index >= 15 is 0 Å². The maximum absolute atomic E-state index is 11.9. The molecule has 0 aliphatic carbocycles. The molecule has 106 valence electrons. The highest BCUT2D eigenvalue weighted by atomic mass is 35.5. The second-order valence-electron chi connectivity index (χ2n) is 4.19. The number of hydrogen-bond acceptors (Lipinski definition) is 3. The molecular weight excluding hydrogens is 317 g/mol. The third-order valence-corrected chi connectivity index (χ3v) is 4.25. The molecule has 0 spiro atoms. The van der Waals surface area contributed by atoms with Crippen LogP contribution in [0.2, 0.25) is 10.0 Å². The van der Waals surface area contributed by atoms with Gasteiger partial charge in [0.1, 0.15) is 5.75 Å². The van der Waals surface area contributed by atoms with Crippen molar-refractivity contribution in [1.29, 1.82) is 0 Å². The summed E-state index contributed by atoms with van der Waals surface area (Å²) in [4.78, 5) is 14.7. The van der Waals surface area contributed by atoms with Crippen molar-refractivity contribution in [1.82, 2.24) is 4.90 Å². The molecule has 0 saturated heterocycles. The summed E-state index contributed by atoms with van der Waals surface area (Å²) in [5, 5.41) is 2.85. The Kier molecular flexibility index (Phi) is 5.29. The molecular formula is C14H13Cl2NO2S. The number of amides is 1. The maximum atomic E-state index is 11.9. The Hall–Kier alpha value is -1.23. The minimum Gasteiger partial charge on any atom is -0.484 e. The molecule has 0 radical (unpaired) electrons. The highest BCUT2D eigenvalue weighted by Crippen LogP contribution is 2.26. The second kappa shape index (κ2) is 6.97. The summed E-state index contributed by atoms with van der Waals surface area (Å²) in [6.07, 6.45) is 0. The molecule has 0 bridgehead atoms. The number of likely N-dealkylation sites (N-methyl/N-ethyl adjacent to an activating group) is 1. The first kappa shape index (κ1) is 15.2. The van der Waals surface area contributed by atoms with E-state index in [2.05, 4.69) is 0 Å². The van der Waals surface area contributed by atoms with E-state index in [1.54, 1.807) is 41.5 Å². The summed E-state index contributed by atoms with van der Waals surface area (Å²) in [7, 11) is 1.75. The molecule has 0 atom stereocenters. The predicted molar refractivity (Wildman–Crippen MR) is 82.8 cm³/mol. The van der Waals surface area contributed by atoms with E-state index in [0.717, 1.165) is 4.88 Å². The van der Waals surface area contributed by atoms with Gasteiger partial charge in [-0.05, 0) is 23.6 Å². The number of rotatable bonds is 5. The molecule has 20 heavy (non-hydrogen) atoms. The van der Waals surface area contributed by atoms with Crippen LogP contribution < -0.4 is 4.74 Å². The summed E-state index contributed by atoms with van der Waals surface area (Å²) in [5.74, 6) is 0.432. The Morgan fingerprint density at radius 2 is 2.10 bits per heavy atom. The number of benzene rings is 1. The lowest BCUT2D eigenvalue weighted by Crippen LogP contribution is -2.30. The van der Waals surface area contributed by atoms with Gasteiger partial charge >= 0.3 is 0 Å². The van der Waals surface area contributed by atoms with Gasteiger partial charge in [0.05, 0.1) is 16.6 Å². The lowest BCUT2D eigenvalue weighted by Gasteiger charge is -2.16. The summed E-state index contributed by atoms with van der Waals surface area (Å²) >= 11 is 13.3. The first-order valence-electron chi connectivity index (χ1n) is 5.90. The van der Waals surface area contributed by atoms with Gasteiger partial charge in [-0.15, -0.1) is 11.3 Å². The van der Waals surface area contributed by atoms with E-state index in [9.17, 15) is 4.79 Å². The van der Waals surface area contributed by atoms with Crippen LogP contribution in [0.1, 0.15) is 4.88 Å². The van der Waals surface area contributed by atoms with Gasteiger partial charge in [0, 0.05) is 18.0 Å². The summed E-state index contributed by atoms with van der Waals surface area (Å²) in [6, 6.07) is 8.87. The predicted octanol–water partition coefficient (Wildman–Crippen LogP) is 4.09. The lowest BCUT2D eigenvalue weighted by atomic mass is 10.3. The maximum Gasteiger partial charge on any atom is 0.260 e. The summed E-state index contributed by atoms with van der Waals surface area (Å²) < 4.78 is 5.41. The van der Waals surface area contributed by atoms with Gasteiger partial charge in [-0.1, -0.05) is 29.3 Å². The number of carbonyl (C=O) groups excluding carboxylic acids is 1. The van der Waals surface area contributed by atoms with Gasteiger partial charge in [0.15, 0.2) is 6.61 Å². The Morgan fingerprint density at radius 1 is 1.30 bits per heavy atom. The van der Waals surface area contributed by atoms with Crippen LogP contribution in [0.25, 0.3) is 0 Å². The molecule has 2 rings (SSSR count). The fourth-order valence-corrected chi connectivity index (χ4v) is 2.59. The molecule has 2 aromatic rings. The largest absolute Gasteiger partial charge is 0.484 e. The van der Waals surface area contributed by atoms with Crippen LogP contribution in [0, 0.1) is 0 Å². The van der Waals surface area contributed by atoms with E-state index in [1.807, 2.05) is 17.5 Å². The number of hydrogen-bond donors (Lipinski definition) is 0. The standard InChI is InChI=1S/C14H13Cl2NO2S/c1-17(8-11-3-2-6-20-11)14(18)9-19-10-4-5-12(15)13(16)7-10/h2-7H,8-9H2,1H3. The molecule has 0 unspecified atom stereocenters. The fraction of sp³-hybridized carbons (Fsp3) is 0.214. The van der Waals surface area contributed by atoms with Crippen molar-refractivity contribution in [3.8, 4) is 5.75 Å². The van der Waals surface area contributed by atoms with Gasteiger partial charge in [-0.3, -0.25) is 4.79 Å². The number of halogens is 2. The van der Waals surface area contributed by atoms with E-state index in [0.29, 0.717) is 22.3 Å². The molecule has 6 heteroatoms. The van der Waals surface area contributed by atoms with E-state index in [1.165, 1.54) is 0 Å². The SMILES string of the molecule is CN(Cc1cccs1)C(=O)COc1ccc(Cl)c(Cl)c1. The first-order valence-corrected chi connectivity index (χ1v) is 7.54. The highest BCUT2D eigenvalue weighted by Gasteiger charge is 2.11. The average Bonchev–Trinajstić information content (AvgIpc) is 2.92. The summed E-state index contributed by atoms with van der Waals surface area (Å²) in [6.45, 7) is 0.557. The Bertz CT molecular complexity index is 587. The van der Waals surface area contributed by atoms with Crippen molar-refractivity contribution < 1.29 is 9.53 Å². The Morgan fingerprint density at radius 3 is 2.75 bits per heavy atom. The van der Waals surface area contributed by atoms with E-state index in [-0.39, 0.29) is 12.5 Å². The molecule has 0 N–H and O–H groups in total. The van der Waals surface area contributed by atoms with Gasteiger partial charge in [0.25, 0.3) is 5.91 Å². The quantitative estimate of drug-likeness (QED) is 0.826. The van der Waals surface area contributed by atoms with Crippen molar-refractivity contribution in [2.45, 2.75) is 6.54 Å². The van der Waals surface area contributed by atoms with Crippen molar-refractivity contribution in [2.24, 2.45) is 0 Å². The third kappa shape index (κ3) is 4.13. The van der Waals surface area contributed by atoms with Gasteiger partial charge in [-0.2, -0.15) is 0 Å². The monoisotopic (exact) mass is 329 g/mol. The van der Waals surface area contributed by atoms with Gasteiger partial charge < -0.3 is 9.64 Å². The number of ether oxygens (including phenoxy) is 1. The van der Waals surface area contributed by atoms with E-state index < -0.39 is 0 Å². The summed E-state index contributed by atoms with van der Waals surface area (Å²) in [5.41, 5.74) is 0. The van der Waals surface area contributed by atoms with Crippen LogP contribution in [-0.4, -0.2) is 24.5 Å². The van der Waals surface area contributed by atoms with Gasteiger partial charge in [-0.25, -0.2) is 0 Å². The normalized spacial score (nSPS) is 10.3. The number of thiophene rings is 1. The van der Waals surface area contributed by atoms with Crippen molar-refractivity contribution >= 4 is 40.4 Å². The van der Waals surface area contributed by atoms with Crippen LogP contribution in [0.4, 0.5) is 0 Å². The van der Waals surface area contributed by atoms with Crippen LogP contribution >= 0.6 is 34.5 Å². The highest BCUT2D eigenvalue weighted by molar-refractivity contribution is 7.09. The van der Waals surface area contributed by atoms with Crippen molar-refractivity contribution in [3.63, 3.8) is 0 Å². The Balaban J connectivity index is 1.86. The zero-order chi connectivity index (χ0) is 14.5. The molecule has 0 aliphatic heterocycles. The average molecular weight is 330 g/mol. The van der Waals surface area contributed by atoms with Crippen LogP contribution in [0.15, 0.2) is 35.7 Å². The third-order valence-electron chi connectivity index (χ3n) is 2.65. The molecule has 1 aromatic heterocycles.